The van der Waals surface area contributed by atoms with Crippen molar-refractivity contribution >= 4 is 40.4 Å². The summed E-state index contributed by atoms with van der Waals surface area (Å²) in [6.07, 6.45) is 0. The van der Waals surface area contributed by atoms with E-state index >= 15 is 0 Å². The Morgan fingerprint density at radius 3 is 2.69 bits per heavy atom. The van der Waals surface area contributed by atoms with Crippen LogP contribution in [0.1, 0.15) is 12.5 Å². The Labute approximate surface area is 105 Å². The van der Waals surface area contributed by atoms with Gasteiger partial charge in [-0.05, 0) is 31.5 Å². The summed E-state index contributed by atoms with van der Waals surface area (Å²) in [5.41, 5.74) is 6.99. The number of aryl methyl sites for hydroxylation is 1. The van der Waals surface area contributed by atoms with E-state index in [-0.39, 0.29) is 10.9 Å². The number of anilines is 1. The van der Waals surface area contributed by atoms with Gasteiger partial charge >= 0.3 is 0 Å². The fourth-order valence-corrected chi connectivity index (χ4v) is 1.34. The highest BCUT2D eigenvalue weighted by Gasteiger charge is 2.15. The lowest BCUT2D eigenvalue weighted by Gasteiger charge is -2.11. The van der Waals surface area contributed by atoms with Crippen molar-refractivity contribution in [1.82, 2.24) is 0 Å². The van der Waals surface area contributed by atoms with Crippen LogP contribution in [0.5, 0.6) is 0 Å². The fourth-order valence-electron chi connectivity index (χ4n) is 1.05. The van der Waals surface area contributed by atoms with E-state index in [4.69, 9.17) is 29.6 Å². The Hall–Kier alpha value is -1.13. The molecule has 1 atom stereocenters. The number of halogens is 1. The molecule has 1 rings (SSSR count). The minimum absolute atomic E-state index is 0.177. The van der Waals surface area contributed by atoms with Crippen LogP contribution in [0, 0.1) is 12.8 Å². The molecule has 0 saturated carbocycles. The van der Waals surface area contributed by atoms with Gasteiger partial charge < -0.3 is 11.1 Å². The topological polar surface area (TPSA) is 55.1 Å². The molecule has 1 unspecified atom stereocenters. The van der Waals surface area contributed by atoms with Crippen molar-refractivity contribution in [3.8, 4) is 0 Å². The first-order valence-corrected chi connectivity index (χ1v) is 5.56. The molecule has 3 nitrogen and oxygen atoms in total. The molecule has 0 bridgehead atoms. The van der Waals surface area contributed by atoms with E-state index in [0.29, 0.717) is 10.7 Å². The van der Waals surface area contributed by atoms with Crippen molar-refractivity contribution < 1.29 is 4.79 Å². The monoisotopic (exact) mass is 256 g/mol. The summed E-state index contributed by atoms with van der Waals surface area (Å²) in [7, 11) is 0. The molecule has 0 radical (unpaired) electrons. The molecule has 0 spiro atoms. The van der Waals surface area contributed by atoms with Crippen LogP contribution in [0.2, 0.25) is 5.02 Å². The molecular formula is C11H13ClN2OS. The van der Waals surface area contributed by atoms with Crippen molar-refractivity contribution in [2.75, 3.05) is 5.32 Å². The van der Waals surface area contributed by atoms with Crippen molar-refractivity contribution in [3.63, 3.8) is 0 Å². The zero-order valence-electron chi connectivity index (χ0n) is 9.08. The molecule has 16 heavy (non-hydrogen) atoms. The molecule has 86 valence electrons. The van der Waals surface area contributed by atoms with Gasteiger partial charge in [-0.25, -0.2) is 0 Å². The van der Waals surface area contributed by atoms with Crippen molar-refractivity contribution in [1.29, 1.82) is 0 Å². The van der Waals surface area contributed by atoms with E-state index in [1.165, 1.54) is 0 Å². The Kier molecular flexibility index (Phi) is 4.26. The number of benzene rings is 1. The highest BCUT2D eigenvalue weighted by atomic mass is 35.5. The Bertz CT molecular complexity index is 434. The number of carbonyl (C=O) groups is 1. The highest BCUT2D eigenvalue weighted by Crippen LogP contribution is 2.20. The minimum Gasteiger partial charge on any atom is -0.393 e. The van der Waals surface area contributed by atoms with Crippen molar-refractivity contribution in [3.05, 3.63) is 28.8 Å². The summed E-state index contributed by atoms with van der Waals surface area (Å²) in [4.78, 5) is 11.8. The zero-order valence-corrected chi connectivity index (χ0v) is 10.7. The maximum atomic E-state index is 11.6. The maximum absolute atomic E-state index is 11.6. The molecule has 0 fully saturated rings. The number of amides is 1. The van der Waals surface area contributed by atoms with Gasteiger partial charge in [0.15, 0.2) is 0 Å². The molecule has 1 aromatic carbocycles. The zero-order chi connectivity index (χ0) is 12.3. The second-order valence-electron chi connectivity index (χ2n) is 3.58. The first-order valence-electron chi connectivity index (χ1n) is 4.78. The third kappa shape index (κ3) is 3.18. The Balaban J connectivity index is 2.77. The lowest BCUT2D eigenvalue weighted by molar-refractivity contribution is -0.117. The third-order valence-electron chi connectivity index (χ3n) is 2.26. The number of nitrogens with two attached hydrogens (primary N) is 1. The largest absolute Gasteiger partial charge is 0.393 e. The summed E-state index contributed by atoms with van der Waals surface area (Å²) in [5, 5.41) is 3.31. The van der Waals surface area contributed by atoms with Gasteiger partial charge in [-0.1, -0.05) is 29.9 Å². The number of hydrogen-bond donors (Lipinski definition) is 2. The lowest BCUT2D eigenvalue weighted by Crippen LogP contribution is -2.30. The number of hydrogen-bond acceptors (Lipinski definition) is 2. The molecule has 5 heteroatoms. The van der Waals surface area contributed by atoms with Crippen LogP contribution in [-0.2, 0) is 4.79 Å². The predicted molar refractivity (Wildman–Crippen MR) is 70.8 cm³/mol. The van der Waals surface area contributed by atoms with E-state index in [1.807, 2.05) is 13.0 Å². The van der Waals surface area contributed by atoms with Gasteiger partial charge in [0.25, 0.3) is 0 Å². The van der Waals surface area contributed by atoms with Crippen LogP contribution >= 0.6 is 23.8 Å². The second-order valence-corrected chi connectivity index (χ2v) is 4.46. The van der Waals surface area contributed by atoms with E-state index < -0.39 is 5.92 Å². The van der Waals surface area contributed by atoms with Gasteiger partial charge in [0, 0.05) is 10.7 Å². The minimum atomic E-state index is -0.491. The molecule has 0 aromatic heterocycles. The Morgan fingerprint density at radius 2 is 2.19 bits per heavy atom. The predicted octanol–water partition coefficient (Wildman–Crippen LogP) is 2.51. The summed E-state index contributed by atoms with van der Waals surface area (Å²) < 4.78 is 0. The van der Waals surface area contributed by atoms with Crippen LogP contribution in [-0.4, -0.2) is 10.9 Å². The normalized spacial score (nSPS) is 11.9. The van der Waals surface area contributed by atoms with Gasteiger partial charge in [-0.2, -0.15) is 0 Å². The molecular weight excluding hydrogens is 244 g/mol. The fraction of sp³-hybridized carbons (Fsp3) is 0.273. The summed E-state index contributed by atoms with van der Waals surface area (Å²) in [5.74, 6) is -0.720. The summed E-state index contributed by atoms with van der Waals surface area (Å²) in [6.45, 7) is 3.55. The quantitative estimate of drug-likeness (QED) is 0.817. The lowest BCUT2D eigenvalue weighted by atomic mass is 10.1. The van der Waals surface area contributed by atoms with Gasteiger partial charge in [0.1, 0.15) is 0 Å². The highest BCUT2D eigenvalue weighted by molar-refractivity contribution is 7.80. The van der Waals surface area contributed by atoms with Crippen LogP contribution in [0.3, 0.4) is 0 Å². The molecule has 0 heterocycles. The number of carbonyl (C=O) groups excluding carboxylic acids is 1. The first-order chi connectivity index (χ1) is 7.41. The van der Waals surface area contributed by atoms with Gasteiger partial charge in [0.2, 0.25) is 5.91 Å². The first kappa shape index (κ1) is 12.9. The van der Waals surface area contributed by atoms with E-state index in [2.05, 4.69) is 5.32 Å². The van der Waals surface area contributed by atoms with Crippen LogP contribution in [0.4, 0.5) is 5.69 Å². The third-order valence-corrected chi connectivity index (χ3v) is 3.02. The summed E-state index contributed by atoms with van der Waals surface area (Å²) in [6, 6.07) is 5.32. The standard InChI is InChI=1S/C11H13ClN2OS/c1-6-3-4-8(5-9(6)12)14-11(15)7(2)10(13)16/h3-5,7H,1-2H3,(H2,13,16)(H,14,15). The van der Waals surface area contributed by atoms with E-state index in [0.717, 1.165) is 5.56 Å². The van der Waals surface area contributed by atoms with E-state index in [1.54, 1.807) is 19.1 Å². The van der Waals surface area contributed by atoms with Crippen LogP contribution < -0.4 is 11.1 Å². The number of nitrogens with one attached hydrogen (secondary N) is 1. The maximum Gasteiger partial charge on any atom is 0.234 e. The van der Waals surface area contributed by atoms with Gasteiger partial charge in [-0.3, -0.25) is 4.79 Å². The molecule has 1 amide bonds. The summed E-state index contributed by atoms with van der Waals surface area (Å²) >= 11 is 10.7. The van der Waals surface area contributed by atoms with Crippen LogP contribution in [0.15, 0.2) is 18.2 Å². The molecule has 0 aliphatic heterocycles. The van der Waals surface area contributed by atoms with Gasteiger partial charge in [0.05, 0.1) is 10.9 Å². The Morgan fingerprint density at radius 1 is 1.56 bits per heavy atom. The molecule has 0 aliphatic rings. The molecule has 1 aromatic rings. The number of thiocarbonyl (C=S) groups is 1. The molecule has 3 N–H and O–H groups in total. The second kappa shape index (κ2) is 5.27. The van der Waals surface area contributed by atoms with Crippen LogP contribution in [0.25, 0.3) is 0 Å². The molecule has 0 aliphatic carbocycles. The smallest absolute Gasteiger partial charge is 0.234 e. The average molecular weight is 257 g/mol. The number of rotatable bonds is 3. The average Bonchev–Trinajstić information content (AvgIpc) is 2.22. The van der Waals surface area contributed by atoms with Gasteiger partial charge in [-0.15, -0.1) is 0 Å². The van der Waals surface area contributed by atoms with E-state index in [9.17, 15) is 4.79 Å². The SMILES string of the molecule is Cc1ccc(NC(=O)C(C)C(N)=S)cc1Cl. The van der Waals surface area contributed by atoms with Crippen molar-refractivity contribution in [2.45, 2.75) is 13.8 Å². The molecule has 0 saturated heterocycles. The van der Waals surface area contributed by atoms with Crippen molar-refractivity contribution in [2.24, 2.45) is 11.7 Å².